The lowest BCUT2D eigenvalue weighted by molar-refractivity contribution is 0.487. The molecular weight excluding hydrogens is 298 g/mol. The van der Waals surface area contributed by atoms with Crippen molar-refractivity contribution in [3.05, 3.63) is 66.4 Å². The SMILES string of the molecule is C[Si](C)(C)C#Cc1ccc2cccc(Oc3ccccc3)c2n1. The number of pyridine rings is 1. The van der Waals surface area contributed by atoms with Crippen molar-refractivity contribution in [3.8, 4) is 23.0 Å². The normalized spacial score (nSPS) is 10.9. The molecule has 0 amide bonds. The maximum atomic E-state index is 5.99. The van der Waals surface area contributed by atoms with Crippen molar-refractivity contribution >= 4 is 19.0 Å². The van der Waals surface area contributed by atoms with Crippen LogP contribution in [-0.4, -0.2) is 13.1 Å². The van der Waals surface area contributed by atoms with E-state index in [-0.39, 0.29) is 0 Å². The van der Waals surface area contributed by atoms with Crippen LogP contribution in [0.2, 0.25) is 19.6 Å². The first kappa shape index (κ1) is 15.3. The van der Waals surface area contributed by atoms with Crippen LogP contribution in [0.25, 0.3) is 10.9 Å². The molecule has 0 atom stereocenters. The predicted octanol–water partition coefficient (Wildman–Crippen LogP) is 5.26. The Morgan fingerprint density at radius 1 is 0.870 bits per heavy atom. The third kappa shape index (κ3) is 4.00. The Bertz CT molecular complexity index is 886. The number of nitrogens with zero attached hydrogens (tertiary/aromatic N) is 1. The van der Waals surface area contributed by atoms with Crippen molar-refractivity contribution in [1.82, 2.24) is 4.98 Å². The van der Waals surface area contributed by atoms with Crippen LogP contribution in [-0.2, 0) is 0 Å². The number of benzene rings is 2. The van der Waals surface area contributed by atoms with Crippen molar-refractivity contribution in [2.75, 3.05) is 0 Å². The number of rotatable bonds is 2. The predicted molar refractivity (Wildman–Crippen MR) is 98.5 cm³/mol. The van der Waals surface area contributed by atoms with Gasteiger partial charge < -0.3 is 4.74 Å². The highest BCUT2D eigenvalue weighted by Gasteiger charge is 2.09. The summed E-state index contributed by atoms with van der Waals surface area (Å²) in [6, 6.07) is 19.7. The van der Waals surface area contributed by atoms with Crippen LogP contribution in [0.4, 0.5) is 0 Å². The van der Waals surface area contributed by atoms with Gasteiger partial charge in [0.1, 0.15) is 25.0 Å². The minimum atomic E-state index is -1.41. The van der Waals surface area contributed by atoms with Gasteiger partial charge in [0, 0.05) is 5.39 Å². The van der Waals surface area contributed by atoms with E-state index in [2.05, 4.69) is 37.2 Å². The molecule has 1 aromatic heterocycles. The minimum Gasteiger partial charge on any atom is -0.455 e. The Balaban J connectivity index is 2.03. The number of hydrogen-bond acceptors (Lipinski definition) is 2. The fourth-order valence-electron chi connectivity index (χ4n) is 2.14. The van der Waals surface area contributed by atoms with Crippen molar-refractivity contribution < 1.29 is 4.74 Å². The lowest BCUT2D eigenvalue weighted by atomic mass is 10.2. The summed E-state index contributed by atoms with van der Waals surface area (Å²) in [5.41, 5.74) is 5.00. The van der Waals surface area contributed by atoms with Gasteiger partial charge in [-0.25, -0.2) is 4.98 Å². The first-order valence-corrected chi connectivity index (χ1v) is 11.2. The molecule has 0 bridgehead atoms. The standard InChI is InChI=1S/C20H19NOSi/c1-23(2,3)15-14-17-13-12-16-8-7-11-19(20(16)21-17)22-18-9-5-4-6-10-18/h4-13H,1-3H3. The van der Waals surface area contributed by atoms with Gasteiger partial charge >= 0.3 is 0 Å². The van der Waals surface area contributed by atoms with Gasteiger partial charge in [-0.05, 0) is 30.3 Å². The summed E-state index contributed by atoms with van der Waals surface area (Å²) in [4.78, 5) is 4.70. The molecule has 0 saturated carbocycles. The Labute approximate surface area is 138 Å². The molecular formula is C20H19NOSi. The topological polar surface area (TPSA) is 22.1 Å². The monoisotopic (exact) mass is 317 g/mol. The zero-order chi connectivity index (χ0) is 16.3. The van der Waals surface area contributed by atoms with Crippen LogP contribution >= 0.6 is 0 Å². The molecule has 23 heavy (non-hydrogen) atoms. The molecule has 1 heterocycles. The molecule has 2 aromatic carbocycles. The number of aromatic nitrogens is 1. The third-order valence-electron chi connectivity index (χ3n) is 3.22. The van der Waals surface area contributed by atoms with Crippen molar-refractivity contribution in [2.45, 2.75) is 19.6 Å². The fourth-order valence-corrected chi connectivity index (χ4v) is 2.64. The maximum Gasteiger partial charge on any atom is 0.153 e. The largest absolute Gasteiger partial charge is 0.455 e. The van der Waals surface area contributed by atoms with E-state index in [9.17, 15) is 0 Å². The molecule has 3 aromatic rings. The Morgan fingerprint density at radius 2 is 1.65 bits per heavy atom. The summed E-state index contributed by atoms with van der Waals surface area (Å²) in [6.07, 6.45) is 0. The summed E-state index contributed by atoms with van der Waals surface area (Å²) >= 11 is 0. The first-order chi connectivity index (χ1) is 11.0. The Morgan fingerprint density at radius 3 is 2.39 bits per heavy atom. The second kappa shape index (κ2) is 6.27. The summed E-state index contributed by atoms with van der Waals surface area (Å²) in [5.74, 6) is 4.77. The van der Waals surface area contributed by atoms with Crippen molar-refractivity contribution in [1.29, 1.82) is 0 Å². The molecule has 0 N–H and O–H groups in total. The van der Waals surface area contributed by atoms with Crippen molar-refractivity contribution in [2.24, 2.45) is 0 Å². The Kier molecular flexibility index (Phi) is 4.18. The smallest absolute Gasteiger partial charge is 0.153 e. The molecule has 114 valence electrons. The van der Waals surface area contributed by atoms with E-state index in [0.717, 1.165) is 28.1 Å². The second-order valence-corrected chi connectivity index (χ2v) is 11.2. The van der Waals surface area contributed by atoms with Gasteiger partial charge in [-0.1, -0.05) is 55.9 Å². The molecule has 3 heteroatoms. The third-order valence-corrected chi connectivity index (χ3v) is 4.09. The van der Waals surface area contributed by atoms with Crippen LogP contribution in [0.1, 0.15) is 5.69 Å². The van der Waals surface area contributed by atoms with E-state index in [1.54, 1.807) is 0 Å². The molecule has 3 rings (SSSR count). The number of ether oxygens (including phenoxy) is 1. The van der Waals surface area contributed by atoms with E-state index in [0.29, 0.717) is 0 Å². The van der Waals surface area contributed by atoms with Crippen LogP contribution in [0, 0.1) is 11.5 Å². The summed E-state index contributed by atoms with van der Waals surface area (Å²) in [5, 5.41) is 1.05. The first-order valence-electron chi connectivity index (χ1n) is 7.67. The van der Waals surface area contributed by atoms with Gasteiger partial charge in [-0.3, -0.25) is 0 Å². The van der Waals surface area contributed by atoms with E-state index in [1.165, 1.54) is 0 Å². The zero-order valence-electron chi connectivity index (χ0n) is 13.6. The van der Waals surface area contributed by atoms with E-state index in [4.69, 9.17) is 9.72 Å². The van der Waals surface area contributed by atoms with E-state index in [1.807, 2.05) is 54.6 Å². The van der Waals surface area contributed by atoms with Gasteiger partial charge in [-0.2, -0.15) is 0 Å². The summed E-state index contributed by atoms with van der Waals surface area (Å²) < 4.78 is 5.99. The molecule has 0 saturated heterocycles. The van der Waals surface area contributed by atoms with Gasteiger partial charge in [0.2, 0.25) is 0 Å². The lowest BCUT2D eigenvalue weighted by Crippen LogP contribution is -2.16. The van der Waals surface area contributed by atoms with Crippen LogP contribution in [0.5, 0.6) is 11.5 Å². The second-order valence-electron chi connectivity index (χ2n) is 6.44. The molecule has 0 spiro atoms. The number of hydrogen-bond donors (Lipinski definition) is 0. The van der Waals surface area contributed by atoms with Crippen LogP contribution in [0.3, 0.4) is 0 Å². The zero-order valence-corrected chi connectivity index (χ0v) is 14.6. The van der Waals surface area contributed by atoms with Gasteiger partial charge in [-0.15, -0.1) is 5.54 Å². The minimum absolute atomic E-state index is 0.755. The lowest BCUT2D eigenvalue weighted by Gasteiger charge is -2.08. The average Bonchev–Trinajstić information content (AvgIpc) is 2.53. The molecule has 0 fully saturated rings. The quantitative estimate of drug-likeness (QED) is 0.475. The molecule has 0 unspecified atom stereocenters. The molecule has 2 nitrogen and oxygen atoms in total. The maximum absolute atomic E-state index is 5.99. The highest BCUT2D eigenvalue weighted by atomic mass is 28.3. The molecule has 0 aliphatic carbocycles. The van der Waals surface area contributed by atoms with Gasteiger partial charge in [0.25, 0.3) is 0 Å². The summed E-state index contributed by atoms with van der Waals surface area (Å²) in [7, 11) is -1.41. The van der Waals surface area contributed by atoms with E-state index >= 15 is 0 Å². The molecule has 0 aliphatic rings. The van der Waals surface area contributed by atoms with Crippen LogP contribution < -0.4 is 4.74 Å². The highest BCUT2D eigenvalue weighted by molar-refractivity contribution is 6.83. The molecule has 0 aliphatic heterocycles. The highest BCUT2D eigenvalue weighted by Crippen LogP contribution is 2.28. The van der Waals surface area contributed by atoms with Gasteiger partial charge in [0.15, 0.2) is 5.75 Å². The average molecular weight is 317 g/mol. The fraction of sp³-hybridized carbons (Fsp3) is 0.150. The molecule has 0 radical (unpaired) electrons. The summed E-state index contributed by atoms with van der Waals surface area (Å²) in [6.45, 7) is 6.68. The number of para-hydroxylation sites is 2. The van der Waals surface area contributed by atoms with Crippen LogP contribution in [0.15, 0.2) is 60.7 Å². The van der Waals surface area contributed by atoms with E-state index < -0.39 is 8.07 Å². The van der Waals surface area contributed by atoms with Gasteiger partial charge in [0.05, 0.1) is 0 Å². The Hall–Kier alpha value is -2.57. The number of fused-ring (bicyclic) bond motifs is 1. The van der Waals surface area contributed by atoms with Crippen molar-refractivity contribution in [3.63, 3.8) is 0 Å².